The maximum Gasteiger partial charge on any atom is 0.107 e. The zero-order valence-electron chi connectivity index (χ0n) is 9.14. The molecule has 1 atom stereocenters. The minimum atomic E-state index is 0.703. The van der Waals surface area contributed by atoms with E-state index in [0.717, 1.165) is 4.48 Å². The van der Waals surface area contributed by atoms with Crippen LogP contribution in [-0.4, -0.2) is 31.2 Å². The van der Waals surface area contributed by atoms with Crippen LogP contribution in [0.1, 0.15) is 33.1 Å². The van der Waals surface area contributed by atoms with Crippen molar-refractivity contribution in [3.63, 3.8) is 0 Å². The molecule has 1 saturated heterocycles. The normalized spacial score (nSPS) is 26.8. The van der Waals surface area contributed by atoms with Gasteiger partial charge in [-0.05, 0) is 18.9 Å². The Bertz CT molecular complexity index is 127. The van der Waals surface area contributed by atoms with Crippen LogP contribution in [0, 0.1) is 0 Å². The van der Waals surface area contributed by atoms with E-state index in [1.54, 1.807) is 0 Å². The highest BCUT2D eigenvalue weighted by atomic mass is 15.3. The number of hydrogen-bond acceptors (Lipinski definition) is 0. The number of rotatable bonds is 1. The van der Waals surface area contributed by atoms with Crippen molar-refractivity contribution in [1.29, 1.82) is 0 Å². The van der Waals surface area contributed by atoms with Gasteiger partial charge in [-0.15, -0.1) is 0 Å². The molecule has 1 unspecified atom stereocenters. The number of nitrogens with zero attached hydrogens (tertiary/aromatic N) is 1. The molecule has 0 N–H and O–H groups in total. The summed E-state index contributed by atoms with van der Waals surface area (Å²) in [4.78, 5) is 0. The summed E-state index contributed by atoms with van der Waals surface area (Å²) in [5.41, 5.74) is 0. The lowest BCUT2D eigenvalue weighted by Gasteiger charge is -2.40. The van der Waals surface area contributed by atoms with E-state index in [0.29, 0.717) is 6.04 Å². The SMILES string of the molecule is C=CC1CCCC[N+]1(C)C.CC. The van der Waals surface area contributed by atoms with Crippen LogP contribution in [0.25, 0.3) is 0 Å². The van der Waals surface area contributed by atoms with Gasteiger partial charge in [0.25, 0.3) is 0 Å². The second kappa shape index (κ2) is 5.36. The van der Waals surface area contributed by atoms with E-state index in [2.05, 4.69) is 26.8 Å². The van der Waals surface area contributed by atoms with Gasteiger partial charge < -0.3 is 4.48 Å². The van der Waals surface area contributed by atoms with Crippen LogP contribution in [-0.2, 0) is 0 Å². The van der Waals surface area contributed by atoms with Crippen LogP contribution in [0.15, 0.2) is 12.7 Å². The summed E-state index contributed by atoms with van der Waals surface area (Å²) in [6, 6.07) is 0.703. The number of likely N-dealkylation sites (tertiary alicyclic amines) is 1. The molecule has 1 heteroatoms. The van der Waals surface area contributed by atoms with Crippen molar-refractivity contribution >= 4 is 0 Å². The summed E-state index contributed by atoms with van der Waals surface area (Å²) in [6.07, 6.45) is 6.21. The molecule has 0 spiro atoms. The van der Waals surface area contributed by atoms with Gasteiger partial charge in [0.15, 0.2) is 0 Å². The molecule has 1 nitrogen and oxygen atoms in total. The highest BCUT2D eigenvalue weighted by molar-refractivity contribution is 4.81. The molecule has 0 aliphatic carbocycles. The molecule has 0 aromatic heterocycles. The van der Waals surface area contributed by atoms with Gasteiger partial charge in [-0.1, -0.05) is 20.4 Å². The average Bonchev–Trinajstić information content (AvgIpc) is 2.07. The third-order valence-electron chi connectivity index (χ3n) is 2.65. The first-order chi connectivity index (χ1) is 5.67. The number of quaternary nitrogens is 1. The molecular weight excluding hydrogens is 146 g/mol. The Morgan fingerprint density at radius 3 is 2.17 bits per heavy atom. The second-order valence-electron chi connectivity index (χ2n) is 3.80. The van der Waals surface area contributed by atoms with Gasteiger partial charge >= 0.3 is 0 Å². The van der Waals surface area contributed by atoms with Crippen molar-refractivity contribution < 1.29 is 4.48 Å². The van der Waals surface area contributed by atoms with Crippen LogP contribution in [0.2, 0.25) is 0 Å². The summed E-state index contributed by atoms with van der Waals surface area (Å²) < 4.78 is 1.14. The molecule has 0 saturated carbocycles. The Balaban J connectivity index is 0.000000561. The Kier molecular flexibility index (Phi) is 5.23. The Labute approximate surface area is 77.7 Å². The first-order valence-electron chi connectivity index (χ1n) is 5.12. The van der Waals surface area contributed by atoms with E-state index in [-0.39, 0.29) is 0 Å². The van der Waals surface area contributed by atoms with E-state index < -0.39 is 0 Å². The van der Waals surface area contributed by atoms with Crippen molar-refractivity contribution in [1.82, 2.24) is 0 Å². The largest absolute Gasteiger partial charge is 0.323 e. The average molecular weight is 170 g/mol. The van der Waals surface area contributed by atoms with E-state index in [1.165, 1.54) is 25.8 Å². The molecule has 0 aromatic rings. The molecule has 0 radical (unpaired) electrons. The fourth-order valence-electron chi connectivity index (χ4n) is 1.79. The third kappa shape index (κ3) is 2.98. The third-order valence-corrected chi connectivity index (χ3v) is 2.65. The van der Waals surface area contributed by atoms with Gasteiger partial charge in [0, 0.05) is 6.42 Å². The quantitative estimate of drug-likeness (QED) is 0.419. The molecule has 1 aliphatic rings. The van der Waals surface area contributed by atoms with Gasteiger partial charge in [-0.2, -0.15) is 0 Å². The minimum absolute atomic E-state index is 0.703. The molecule has 1 fully saturated rings. The van der Waals surface area contributed by atoms with Crippen LogP contribution in [0.3, 0.4) is 0 Å². The van der Waals surface area contributed by atoms with Crippen LogP contribution >= 0.6 is 0 Å². The van der Waals surface area contributed by atoms with E-state index >= 15 is 0 Å². The second-order valence-corrected chi connectivity index (χ2v) is 3.80. The summed E-state index contributed by atoms with van der Waals surface area (Å²) in [6.45, 7) is 9.18. The summed E-state index contributed by atoms with van der Waals surface area (Å²) in [7, 11) is 4.59. The first kappa shape index (κ1) is 11.7. The van der Waals surface area contributed by atoms with Gasteiger partial charge in [-0.25, -0.2) is 0 Å². The highest BCUT2D eigenvalue weighted by Crippen LogP contribution is 2.21. The molecule has 0 aromatic carbocycles. The molecule has 1 heterocycles. The summed E-state index contributed by atoms with van der Waals surface area (Å²) in [5.74, 6) is 0. The van der Waals surface area contributed by atoms with E-state index in [9.17, 15) is 0 Å². The zero-order valence-corrected chi connectivity index (χ0v) is 9.14. The summed E-state index contributed by atoms with van der Waals surface area (Å²) in [5, 5.41) is 0. The molecule has 12 heavy (non-hydrogen) atoms. The monoisotopic (exact) mass is 170 g/mol. The first-order valence-corrected chi connectivity index (χ1v) is 5.12. The summed E-state index contributed by atoms with van der Waals surface area (Å²) >= 11 is 0. The molecule has 72 valence electrons. The predicted octanol–water partition coefficient (Wildman–Crippen LogP) is 2.83. The smallest absolute Gasteiger partial charge is 0.107 e. The molecular formula is C11H24N+. The van der Waals surface area contributed by atoms with E-state index in [1.807, 2.05) is 13.8 Å². The van der Waals surface area contributed by atoms with Crippen molar-refractivity contribution in [2.45, 2.75) is 39.2 Å². The fourth-order valence-corrected chi connectivity index (χ4v) is 1.79. The Morgan fingerprint density at radius 1 is 1.25 bits per heavy atom. The molecule has 1 rings (SSSR count). The Hall–Kier alpha value is -0.300. The standard InChI is InChI=1S/C9H18N.C2H6/c1-4-9-7-5-6-8-10(9,2)3;1-2/h4,9H,1,5-8H2,2-3H3;1-2H3/q+1;. The zero-order chi connectivity index (χ0) is 9.61. The predicted molar refractivity (Wildman–Crippen MR) is 56.2 cm³/mol. The van der Waals surface area contributed by atoms with Crippen LogP contribution in [0.5, 0.6) is 0 Å². The molecule has 1 aliphatic heterocycles. The number of hydrogen-bond donors (Lipinski definition) is 0. The van der Waals surface area contributed by atoms with Gasteiger partial charge in [-0.3, -0.25) is 0 Å². The number of piperidine rings is 1. The van der Waals surface area contributed by atoms with Crippen LogP contribution < -0.4 is 0 Å². The van der Waals surface area contributed by atoms with Gasteiger partial charge in [0.05, 0.1) is 20.6 Å². The van der Waals surface area contributed by atoms with Gasteiger partial charge in [0.1, 0.15) is 6.04 Å². The van der Waals surface area contributed by atoms with Crippen LogP contribution in [0.4, 0.5) is 0 Å². The van der Waals surface area contributed by atoms with Crippen molar-refractivity contribution in [3.8, 4) is 0 Å². The lowest BCUT2D eigenvalue weighted by molar-refractivity contribution is -0.913. The molecule has 0 amide bonds. The van der Waals surface area contributed by atoms with Crippen molar-refractivity contribution in [2.24, 2.45) is 0 Å². The van der Waals surface area contributed by atoms with Crippen molar-refractivity contribution in [2.75, 3.05) is 20.6 Å². The Morgan fingerprint density at radius 2 is 1.83 bits per heavy atom. The minimum Gasteiger partial charge on any atom is -0.323 e. The molecule has 0 bridgehead atoms. The lowest BCUT2D eigenvalue weighted by atomic mass is 10.0. The van der Waals surface area contributed by atoms with Crippen molar-refractivity contribution in [3.05, 3.63) is 12.7 Å². The maximum absolute atomic E-state index is 3.86. The number of likely N-dealkylation sites (N-methyl/N-ethyl adjacent to an activating group) is 1. The van der Waals surface area contributed by atoms with E-state index in [4.69, 9.17) is 0 Å². The highest BCUT2D eigenvalue weighted by Gasteiger charge is 2.28. The fraction of sp³-hybridized carbons (Fsp3) is 0.818. The topological polar surface area (TPSA) is 0 Å². The maximum atomic E-state index is 3.86. The lowest BCUT2D eigenvalue weighted by Crippen LogP contribution is -2.50. The van der Waals surface area contributed by atoms with Gasteiger partial charge in [0.2, 0.25) is 0 Å².